The second-order valence-corrected chi connectivity index (χ2v) is 25.2. The van der Waals surface area contributed by atoms with Crippen LogP contribution in [0.15, 0.2) is 104 Å². The lowest BCUT2D eigenvalue weighted by Gasteiger charge is -2.38. The zero-order valence-electron chi connectivity index (χ0n) is 50.8. The average Bonchev–Trinajstić information content (AvgIpc) is 1.60. The Morgan fingerprint density at radius 1 is 0.933 bits per heavy atom. The van der Waals surface area contributed by atoms with Crippen molar-refractivity contribution in [1.29, 1.82) is 5.26 Å². The number of methoxy groups -OCH3 is 1. The molecule has 6 aromatic rings. The number of nitrogens with one attached hydrogen (secondary N) is 3. The molecular formula is C67H76Cl2F2N10O8. The quantitative estimate of drug-likeness (QED) is 0.0391. The third kappa shape index (κ3) is 14.5. The summed E-state index contributed by atoms with van der Waals surface area (Å²) < 4.78 is 56.6. The van der Waals surface area contributed by atoms with E-state index in [0.29, 0.717) is 77.9 Å². The number of aromatic nitrogens is 2. The van der Waals surface area contributed by atoms with Gasteiger partial charge in [0.1, 0.15) is 40.5 Å². The second kappa shape index (κ2) is 28.0. The number of nitriles is 1. The predicted octanol–water partition coefficient (Wildman–Crippen LogP) is 9.98. The Hall–Kier alpha value is -7.64. The van der Waals surface area contributed by atoms with Crippen molar-refractivity contribution >= 4 is 68.9 Å². The molecule has 5 heterocycles. The van der Waals surface area contributed by atoms with Gasteiger partial charge in [0, 0.05) is 110 Å². The van der Waals surface area contributed by atoms with Gasteiger partial charge < -0.3 is 54.7 Å². The number of halogens is 4. The molecule has 0 radical (unpaired) electrons. The zero-order valence-corrected chi connectivity index (χ0v) is 52.3. The lowest BCUT2D eigenvalue weighted by atomic mass is 9.62. The Labute approximate surface area is 528 Å². The van der Waals surface area contributed by atoms with Crippen LogP contribution in [0.2, 0.25) is 10.0 Å². The summed E-state index contributed by atoms with van der Waals surface area (Å²) in [5.74, 6) is -2.84. The molecule has 89 heavy (non-hydrogen) atoms. The normalized spacial score (nSPS) is 20.2. The van der Waals surface area contributed by atoms with E-state index >= 15 is 8.78 Å². The number of phenolic OH excluding ortho intramolecular Hbond substituents is 1. The van der Waals surface area contributed by atoms with E-state index in [0.717, 1.165) is 65.5 Å². The number of piperidine rings is 1. The van der Waals surface area contributed by atoms with Gasteiger partial charge in [0.2, 0.25) is 11.8 Å². The van der Waals surface area contributed by atoms with E-state index in [-0.39, 0.29) is 75.2 Å². The number of likely N-dealkylation sites (tertiary alicyclic amines) is 1. The van der Waals surface area contributed by atoms with Gasteiger partial charge in [-0.05, 0) is 97.5 Å². The summed E-state index contributed by atoms with van der Waals surface area (Å²) >= 11 is 12.5. The first-order valence-corrected chi connectivity index (χ1v) is 31.0. The van der Waals surface area contributed by atoms with Crippen molar-refractivity contribution < 1.29 is 47.2 Å². The van der Waals surface area contributed by atoms with Crippen molar-refractivity contribution in [3.8, 4) is 23.6 Å². The van der Waals surface area contributed by atoms with Crippen molar-refractivity contribution in [3.63, 3.8) is 0 Å². The second-order valence-electron chi connectivity index (χ2n) is 24.4. The van der Waals surface area contributed by atoms with Crippen LogP contribution in [0.5, 0.6) is 17.5 Å². The number of fused-ring (bicyclic) bond motifs is 2. The van der Waals surface area contributed by atoms with Gasteiger partial charge in [-0.15, -0.1) is 0 Å². The van der Waals surface area contributed by atoms with Gasteiger partial charge in [-0.25, -0.2) is 8.78 Å². The lowest BCUT2D eigenvalue weighted by molar-refractivity contribution is -0.126. The monoisotopic (exact) mass is 1260 g/mol. The summed E-state index contributed by atoms with van der Waals surface area (Å²) in [5, 5.41) is 32.9. The summed E-state index contributed by atoms with van der Waals surface area (Å²) in [6.07, 6.45) is 3.86. The molecule has 0 unspecified atom stereocenters. The van der Waals surface area contributed by atoms with E-state index in [1.807, 2.05) is 52.0 Å². The molecule has 0 spiro atoms. The van der Waals surface area contributed by atoms with Crippen molar-refractivity contribution in [2.45, 2.75) is 95.5 Å². The Balaban J connectivity index is 0.692. The number of anilines is 3. The van der Waals surface area contributed by atoms with Crippen LogP contribution < -0.4 is 35.2 Å². The highest BCUT2D eigenvalue weighted by Gasteiger charge is 2.61. The lowest BCUT2D eigenvalue weighted by Crippen LogP contribution is -2.49. The van der Waals surface area contributed by atoms with Gasteiger partial charge in [0.15, 0.2) is 0 Å². The predicted molar refractivity (Wildman–Crippen MR) is 339 cm³/mol. The van der Waals surface area contributed by atoms with E-state index in [9.17, 15) is 24.8 Å². The minimum Gasteiger partial charge on any atom is -0.508 e. The first-order chi connectivity index (χ1) is 42.8. The van der Waals surface area contributed by atoms with E-state index in [2.05, 4.69) is 49.4 Å². The van der Waals surface area contributed by atoms with Gasteiger partial charge in [0.05, 0.1) is 68.1 Å². The van der Waals surface area contributed by atoms with Crippen LogP contribution in [0, 0.1) is 28.4 Å². The summed E-state index contributed by atoms with van der Waals surface area (Å²) in [6, 6.07) is 25.0. The van der Waals surface area contributed by atoms with E-state index in [1.165, 1.54) is 61.7 Å². The fourth-order valence-electron chi connectivity index (χ4n) is 13.0. The van der Waals surface area contributed by atoms with Crippen LogP contribution in [-0.2, 0) is 37.4 Å². The van der Waals surface area contributed by atoms with E-state index < -0.39 is 52.3 Å². The van der Waals surface area contributed by atoms with Gasteiger partial charge in [0.25, 0.3) is 5.91 Å². The van der Waals surface area contributed by atoms with Crippen LogP contribution in [0.3, 0.4) is 0 Å². The number of benzene rings is 5. The molecule has 3 amide bonds. The maximum atomic E-state index is 16.2. The molecule has 4 aliphatic heterocycles. The number of carbonyl (C=O) groups is 3. The Morgan fingerprint density at radius 3 is 2.44 bits per heavy atom. The van der Waals surface area contributed by atoms with Crippen molar-refractivity contribution in [3.05, 3.63) is 153 Å². The van der Waals surface area contributed by atoms with Crippen LogP contribution in [0.4, 0.5) is 26.0 Å². The molecule has 10 rings (SSSR count). The summed E-state index contributed by atoms with van der Waals surface area (Å²) in [6.45, 7) is 18.6. The SMILES string of the molecule is C=CC(=O)N1CCN(c2nc(O[C@H](C)CN3CCC(OCCOCCNC(=O)c4ccc(NC(=O)[C@@H]5N[C@@H](CC(C)(C)C)[C@](C#N)(c6ccc(Cl)cc6F)[C@H]5c5cccc(Cl)c5F)c(OC)c4)CC3)nc3c2CCN(c2cc(O)cc4ccccc24)C3)CC1. The molecule has 0 bridgehead atoms. The Kier molecular flexibility index (Phi) is 20.3. The fourth-order valence-corrected chi connectivity index (χ4v) is 13.3. The standard InChI is InChI=1S/C67H76Cl2F2N10O8/c1-7-58(83)79-26-28-80(29-27-79)62-48-21-25-81(55-36-45(82)33-42-11-8-9-12-47(42)55)39-54(48)75-65(77-62)89-41(2)38-78-23-19-46(20-24-78)88-32-31-87-30-22-73-63(84)43-15-18-53(56(34-43)86-6)74-64(85)61-59(49-13-10-14-51(69)60(49)71)67(40-72,57(76-61)37-66(3,4)5)50-17-16-44(68)35-52(50)70/h7-18,33-36,41,46,57,59,61,76,82H,1,19-32,37-39H2,2-6H3,(H,73,84)(H,74,85)/t41-,57+,59+,61-,67+/m1/s1. The molecule has 4 aliphatic rings. The number of carbonyl (C=O) groups excluding carboxylic acids is 3. The Bertz CT molecular complexity index is 3630. The largest absolute Gasteiger partial charge is 0.508 e. The number of rotatable bonds is 21. The maximum absolute atomic E-state index is 16.2. The summed E-state index contributed by atoms with van der Waals surface area (Å²) in [4.78, 5) is 59.2. The number of amides is 3. The molecule has 0 saturated carbocycles. The van der Waals surface area contributed by atoms with Gasteiger partial charge in [-0.3, -0.25) is 19.3 Å². The van der Waals surface area contributed by atoms with Gasteiger partial charge in [-0.1, -0.05) is 93.0 Å². The summed E-state index contributed by atoms with van der Waals surface area (Å²) in [7, 11) is 1.39. The maximum Gasteiger partial charge on any atom is 0.318 e. The third-order valence-corrected chi connectivity index (χ3v) is 17.7. The minimum atomic E-state index is -1.82. The highest BCUT2D eigenvalue weighted by atomic mass is 35.5. The van der Waals surface area contributed by atoms with Gasteiger partial charge in [-0.2, -0.15) is 15.2 Å². The van der Waals surface area contributed by atoms with Crippen molar-refractivity contribution in [2.24, 2.45) is 5.41 Å². The Morgan fingerprint density at radius 2 is 1.71 bits per heavy atom. The van der Waals surface area contributed by atoms with Crippen LogP contribution in [0.1, 0.15) is 85.6 Å². The van der Waals surface area contributed by atoms with Crippen LogP contribution >= 0.6 is 23.2 Å². The number of hydrogen-bond donors (Lipinski definition) is 4. The number of nitrogens with zero attached hydrogens (tertiary/aromatic N) is 7. The van der Waals surface area contributed by atoms with E-state index in [1.54, 1.807) is 11.0 Å². The number of phenols is 1. The highest BCUT2D eigenvalue weighted by Crippen LogP contribution is 2.53. The van der Waals surface area contributed by atoms with Crippen molar-refractivity contribution in [2.75, 3.05) is 101 Å². The number of ether oxygens (including phenoxy) is 4. The number of aromatic hydroxyl groups is 1. The molecular weight excluding hydrogens is 1180 g/mol. The van der Waals surface area contributed by atoms with Gasteiger partial charge >= 0.3 is 6.01 Å². The number of piperazine rings is 1. The molecule has 5 atom stereocenters. The molecule has 470 valence electrons. The molecule has 3 fully saturated rings. The van der Waals surface area contributed by atoms with Crippen LogP contribution in [0.25, 0.3) is 10.8 Å². The molecule has 18 nitrogen and oxygen atoms in total. The van der Waals surface area contributed by atoms with Crippen LogP contribution in [-0.4, -0.2) is 153 Å². The molecule has 5 aromatic carbocycles. The average molecular weight is 1260 g/mol. The molecule has 3 saturated heterocycles. The topological polar surface area (TPSA) is 207 Å². The smallest absolute Gasteiger partial charge is 0.318 e. The fraction of sp³-hybridized carbons (Fsp3) is 0.433. The first kappa shape index (κ1) is 64.3. The first-order valence-electron chi connectivity index (χ1n) is 30.2. The summed E-state index contributed by atoms with van der Waals surface area (Å²) in [5.41, 5.74) is 0.989. The molecule has 1 aromatic heterocycles. The zero-order chi connectivity index (χ0) is 63.1. The van der Waals surface area contributed by atoms with E-state index in [4.69, 9.17) is 52.1 Å². The minimum absolute atomic E-state index is 0.0446. The molecule has 0 aliphatic carbocycles. The molecule has 22 heteroatoms. The highest BCUT2D eigenvalue weighted by molar-refractivity contribution is 6.31. The number of hydrogen-bond acceptors (Lipinski definition) is 15. The molecule has 4 N–H and O–H groups in total. The van der Waals surface area contributed by atoms with Crippen molar-refractivity contribution in [1.82, 2.24) is 30.4 Å². The third-order valence-electron chi connectivity index (χ3n) is 17.2.